The van der Waals surface area contributed by atoms with Gasteiger partial charge in [0.1, 0.15) is 5.75 Å². The summed E-state index contributed by atoms with van der Waals surface area (Å²) in [5.74, 6) is 0.961. The molecular formula is C13H17N3O. The predicted octanol–water partition coefficient (Wildman–Crippen LogP) is 1.66. The van der Waals surface area contributed by atoms with Gasteiger partial charge in [0.15, 0.2) is 0 Å². The summed E-state index contributed by atoms with van der Waals surface area (Å²) in [6.07, 6.45) is 1.21. The van der Waals surface area contributed by atoms with Crippen molar-refractivity contribution in [2.45, 2.75) is 19.9 Å². The number of fused-ring (bicyclic) bond motifs is 1. The van der Waals surface area contributed by atoms with Crippen LogP contribution >= 0.6 is 0 Å². The van der Waals surface area contributed by atoms with Crippen molar-refractivity contribution in [2.24, 2.45) is 5.92 Å². The van der Waals surface area contributed by atoms with Gasteiger partial charge in [-0.1, -0.05) is 0 Å². The lowest BCUT2D eigenvalue weighted by atomic mass is 10.1. The summed E-state index contributed by atoms with van der Waals surface area (Å²) in [4.78, 5) is 0. The molecule has 17 heavy (non-hydrogen) atoms. The summed E-state index contributed by atoms with van der Waals surface area (Å²) in [5.41, 5.74) is 2.07. The summed E-state index contributed by atoms with van der Waals surface area (Å²) < 4.78 is 2.03. The zero-order valence-corrected chi connectivity index (χ0v) is 9.98. The second kappa shape index (κ2) is 4.04. The van der Waals surface area contributed by atoms with E-state index in [0.29, 0.717) is 11.7 Å². The minimum Gasteiger partial charge on any atom is -0.508 e. The maximum absolute atomic E-state index is 9.57. The Morgan fingerprint density at radius 3 is 3.18 bits per heavy atom. The minimum atomic E-state index is 0.309. The van der Waals surface area contributed by atoms with Gasteiger partial charge in [-0.2, -0.15) is 5.10 Å². The molecule has 1 atom stereocenters. The molecule has 4 heteroatoms. The number of phenols is 1. The molecule has 0 spiro atoms. The van der Waals surface area contributed by atoms with Crippen LogP contribution in [0.15, 0.2) is 18.2 Å². The van der Waals surface area contributed by atoms with E-state index in [1.165, 1.54) is 6.42 Å². The highest BCUT2D eigenvalue weighted by Crippen LogP contribution is 2.24. The first-order valence-electron chi connectivity index (χ1n) is 6.11. The van der Waals surface area contributed by atoms with Crippen LogP contribution in [0.2, 0.25) is 0 Å². The highest BCUT2D eigenvalue weighted by Gasteiger charge is 2.17. The Labute approximate surface area is 100 Å². The molecule has 2 aromatic rings. The molecule has 2 heterocycles. The summed E-state index contributed by atoms with van der Waals surface area (Å²) in [6.45, 7) is 5.12. The third kappa shape index (κ3) is 1.89. The average molecular weight is 231 g/mol. The van der Waals surface area contributed by atoms with Gasteiger partial charge in [-0.25, -0.2) is 0 Å². The normalized spacial score (nSPS) is 20.2. The maximum Gasteiger partial charge on any atom is 0.117 e. The largest absolute Gasteiger partial charge is 0.508 e. The second-order valence-corrected chi connectivity index (χ2v) is 4.83. The third-order valence-electron chi connectivity index (χ3n) is 3.51. The van der Waals surface area contributed by atoms with Crippen LogP contribution in [0.5, 0.6) is 5.75 Å². The quantitative estimate of drug-likeness (QED) is 0.826. The van der Waals surface area contributed by atoms with Crippen molar-refractivity contribution < 1.29 is 5.11 Å². The van der Waals surface area contributed by atoms with Crippen LogP contribution < -0.4 is 5.32 Å². The van der Waals surface area contributed by atoms with Crippen LogP contribution in [0.25, 0.3) is 10.9 Å². The van der Waals surface area contributed by atoms with E-state index in [2.05, 4.69) is 10.4 Å². The van der Waals surface area contributed by atoms with Gasteiger partial charge in [0.2, 0.25) is 0 Å². The van der Waals surface area contributed by atoms with Gasteiger partial charge in [0.25, 0.3) is 0 Å². The number of phenolic OH excluding ortho intramolecular Hbond substituents is 1. The van der Waals surface area contributed by atoms with Crippen molar-refractivity contribution in [1.82, 2.24) is 15.1 Å². The van der Waals surface area contributed by atoms with Crippen molar-refractivity contribution >= 4 is 10.9 Å². The molecule has 1 unspecified atom stereocenters. The monoisotopic (exact) mass is 231 g/mol. The molecule has 1 aliphatic rings. The Morgan fingerprint density at radius 1 is 1.53 bits per heavy atom. The van der Waals surface area contributed by atoms with Gasteiger partial charge in [-0.05, 0) is 44.5 Å². The molecule has 1 aromatic heterocycles. The molecule has 3 rings (SSSR count). The van der Waals surface area contributed by atoms with Crippen LogP contribution in [0.4, 0.5) is 0 Å². The molecule has 1 saturated heterocycles. The number of nitrogens with zero attached hydrogens (tertiary/aromatic N) is 2. The average Bonchev–Trinajstić information content (AvgIpc) is 2.89. The van der Waals surface area contributed by atoms with Gasteiger partial charge in [0.05, 0.1) is 11.2 Å². The highest BCUT2D eigenvalue weighted by atomic mass is 16.3. The fourth-order valence-corrected chi connectivity index (χ4v) is 2.58. The van der Waals surface area contributed by atoms with E-state index < -0.39 is 0 Å². The van der Waals surface area contributed by atoms with E-state index in [9.17, 15) is 5.11 Å². The van der Waals surface area contributed by atoms with E-state index in [1.54, 1.807) is 12.1 Å². The van der Waals surface area contributed by atoms with Crippen molar-refractivity contribution in [3.05, 3.63) is 23.9 Å². The van der Waals surface area contributed by atoms with Crippen molar-refractivity contribution in [2.75, 3.05) is 13.1 Å². The minimum absolute atomic E-state index is 0.309. The van der Waals surface area contributed by atoms with Crippen LogP contribution in [0.1, 0.15) is 12.1 Å². The Hall–Kier alpha value is -1.55. The van der Waals surface area contributed by atoms with Crippen LogP contribution in [0, 0.1) is 12.8 Å². The number of benzene rings is 1. The Balaban J connectivity index is 2.00. The SMILES string of the molecule is Cc1nn(CC2CCNC2)c2cc(O)ccc12. The Kier molecular flexibility index (Phi) is 2.52. The van der Waals surface area contributed by atoms with Crippen molar-refractivity contribution in [3.8, 4) is 5.75 Å². The maximum atomic E-state index is 9.57. The van der Waals surface area contributed by atoms with Crippen molar-refractivity contribution in [3.63, 3.8) is 0 Å². The summed E-state index contributed by atoms with van der Waals surface area (Å²) >= 11 is 0. The van der Waals surface area contributed by atoms with E-state index in [4.69, 9.17) is 0 Å². The first-order chi connectivity index (χ1) is 8.24. The summed E-state index contributed by atoms with van der Waals surface area (Å²) in [6, 6.07) is 5.46. The molecule has 0 aliphatic carbocycles. The van der Waals surface area contributed by atoms with Gasteiger partial charge >= 0.3 is 0 Å². The van der Waals surface area contributed by atoms with Crippen LogP contribution in [0.3, 0.4) is 0 Å². The number of aromatic hydroxyl groups is 1. The van der Waals surface area contributed by atoms with Gasteiger partial charge in [0, 0.05) is 18.0 Å². The molecule has 1 aromatic carbocycles. The number of aromatic nitrogens is 2. The lowest BCUT2D eigenvalue weighted by Crippen LogP contribution is -2.15. The molecule has 1 fully saturated rings. The molecule has 0 saturated carbocycles. The van der Waals surface area contributed by atoms with E-state index in [-0.39, 0.29) is 0 Å². The second-order valence-electron chi connectivity index (χ2n) is 4.83. The molecule has 0 amide bonds. The zero-order valence-electron chi connectivity index (χ0n) is 9.98. The van der Waals surface area contributed by atoms with Gasteiger partial charge < -0.3 is 10.4 Å². The molecule has 1 aliphatic heterocycles. The molecule has 0 bridgehead atoms. The summed E-state index contributed by atoms with van der Waals surface area (Å²) in [7, 11) is 0. The molecular weight excluding hydrogens is 214 g/mol. The number of aryl methyl sites for hydroxylation is 1. The zero-order chi connectivity index (χ0) is 11.8. The number of nitrogens with one attached hydrogen (secondary N) is 1. The smallest absolute Gasteiger partial charge is 0.117 e. The topological polar surface area (TPSA) is 50.1 Å². The molecule has 2 N–H and O–H groups in total. The third-order valence-corrected chi connectivity index (χ3v) is 3.51. The van der Waals surface area contributed by atoms with Crippen LogP contribution in [-0.4, -0.2) is 28.0 Å². The first-order valence-corrected chi connectivity index (χ1v) is 6.11. The van der Waals surface area contributed by atoms with E-state index in [1.807, 2.05) is 17.7 Å². The summed E-state index contributed by atoms with van der Waals surface area (Å²) in [5, 5.41) is 18.6. The Morgan fingerprint density at radius 2 is 2.41 bits per heavy atom. The van der Waals surface area contributed by atoms with E-state index >= 15 is 0 Å². The molecule has 4 nitrogen and oxygen atoms in total. The number of rotatable bonds is 2. The van der Waals surface area contributed by atoms with Gasteiger partial charge in [-0.3, -0.25) is 4.68 Å². The lowest BCUT2D eigenvalue weighted by molar-refractivity contribution is 0.455. The predicted molar refractivity (Wildman–Crippen MR) is 67.1 cm³/mol. The van der Waals surface area contributed by atoms with Crippen LogP contribution in [-0.2, 0) is 6.54 Å². The highest BCUT2D eigenvalue weighted by molar-refractivity contribution is 5.83. The fraction of sp³-hybridized carbons (Fsp3) is 0.462. The first kappa shape index (κ1) is 10.6. The lowest BCUT2D eigenvalue weighted by Gasteiger charge is -2.09. The van der Waals surface area contributed by atoms with Crippen molar-refractivity contribution in [1.29, 1.82) is 0 Å². The van der Waals surface area contributed by atoms with Gasteiger partial charge in [-0.15, -0.1) is 0 Å². The molecule has 0 radical (unpaired) electrons. The molecule has 90 valence electrons. The standard InChI is InChI=1S/C13H17N3O/c1-9-12-3-2-11(17)6-13(12)16(15-9)8-10-4-5-14-7-10/h2-3,6,10,14,17H,4-5,7-8H2,1H3. The number of hydrogen-bond acceptors (Lipinski definition) is 3. The van der Waals surface area contributed by atoms with E-state index in [0.717, 1.165) is 36.2 Å². The number of hydrogen-bond donors (Lipinski definition) is 2. The fourth-order valence-electron chi connectivity index (χ4n) is 2.58. The Bertz CT molecular complexity index is 541.